The molecular formula is C11H12ClN3. The molecule has 0 aliphatic rings. The zero-order chi connectivity index (χ0) is 10.5. The van der Waals surface area contributed by atoms with Crippen molar-refractivity contribution in [2.45, 2.75) is 6.54 Å². The molecule has 0 amide bonds. The average molecular weight is 222 g/mol. The first-order valence-electron chi connectivity index (χ1n) is 4.81. The summed E-state index contributed by atoms with van der Waals surface area (Å²) in [6, 6.07) is 9.59. The second-order valence-electron chi connectivity index (χ2n) is 3.20. The molecule has 0 aliphatic heterocycles. The molecule has 0 aliphatic carbocycles. The van der Waals surface area contributed by atoms with Gasteiger partial charge in [-0.1, -0.05) is 11.6 Å². The number of anilines is 1. The molecule has 2 rings (SSSR count). The third kappa shape index (κ3) is 2.99. The van der Waals surface area contributed by atoms with Crippen molar-refractivity contribution in [1.82, 2.24) is 9.78 Å². The van der Waals surface area contributed by atoms with Gasteiger partial charge in [-0.05, 0) is 30.3 Å². The first kappa shape index (κ1) is 10.1. The normalized spacial score (nSPS) is 10.2. The van der Waals surface area contributed by atoms with Crippen LogP contribution in [0, 0.1) is 0 Å². The van der Waals surface area contributed by atoms with Crippen molar-refractivity contribution in [2.75, 3.05) is 11.9 Å². The summed E-state index contributed by atoms with van der Waals surface area (Å²) >= 11 is 5.79. The Hall–Kier alpha value is -1.48. The van der Waals surface area contributed by atoms with Crippen LogP contribution in [0.4, 0.5) is 5.69 Å². The van der Waals surface area contributed by atoms with Gasteiger partial charge in [-0.15, -0.1) is 0 Å². The van der Waals surface area contributed by atoms with E-state index in [1.807, 2.05) is 41.2 Å². The van der Waals surface area contributed by atoms with Crippen molar-refractivity contribution in [1.29, 1.82) is 0 Å². The topological polar surface area (TPSA) is 29.9 Å². The van der Waals surface area contributed by atoms with Crippen LogP contribution in [0.3, 0.4) is 0 Å². The summed E-state index contributed by atoms with van der Waals surface area (Å²) in [6.45, 7) is 1.71. The standard InChI is InChI=1S/C11H12ClN3/c12-10-2-4-11(5-3-10)13-7-9-15-8-1-6-14-15/h1-6,8,13H,7,9H2. The molecule has 0 saturated heterocycles. The van der Waals surface area contributed by atoms with Crippen molar-refractivity contribution in [3.63, 3.8) is 0 Å². The molecule has 0 spiro atoms. The monoisotopic (exact) mass is 221 g/mol. The maximum atomic E-state index is 5.79. The molecule has 0 unspecified atom stereocenters. The summed E-state index contributed by atoms with van der Waals surface area (Å²) in [4.78, 5) is 0. The summed E-state index contributed by atoms with van der Waals surface area (Å²) in [7, 11) is 0. The highest BCUT2D eigenvalue weighted by atomic mass is 35.5. The number of nitrogens with one attached hydrogen (secondary N) is 1. The lowest BCUT2D eigenvalue weighted by molar-refractivity contribution is 0.638. The highest BCUT2D eigenvalue weighted by molar-refractivity contribution is 6.30. The summed E-state index contributed by atoms with van der Waals surface area (Å²) < 4.78 is 1.89. The lowest BCUT2D eigenvalue weighted by atomic mass is 10.3. The zero-order valence-corrected chi connectivity index (χ0v) is 8.98. The quantitative estimate of drug-likeness (QED) is 0.860. The van der Waals surface area contributed by atoms with Gasteiger partial charge in [-0.2, -0.15) is 5.10 Å². The first-order chi connectivity index (χ1) is 7.34. The maximum Gasteiger partial charge on any atom is 0.0582 e. The number of hydrogen-bond acceptors (Lipinski definition) is 2. The van der Waals surface area contributed by atoms with Gasteiger partial charge in [0.05, 0.1) is 6.54 Å². The molecule has 1 N–H and O–H groups in total. The molecule has 2 aromatic rings. The van der Waals surface area contributed by atoms with Gasteiger partial charge in [0.1, 0.15) is 0 Å². The van der Waals surface area contributed by atoms with Gasteiger partial charge in [-0.3, -0.25) is 4.68 Å². The van der Waals surface area contributed by atoms with Gasteiger partial charge in [0.2, 0.25) is 0 Å². The van der Waals surface area contributed by atoms with Crippen LogP contribution in [-0.2, 0) is 6.54 Å². The fourth-order valence-corrected chi connectivity index (χ4v) is 1.44. The molecular weight excluding hydrogens is 210 g/mol. The van der Waals surface area contributed by atoms with Gasteiger partial charge < -0.3 is 5.32 Å². The molecule has 0 fully saturated rings. The summed E-state index contributed by atoms with van der Waals surface area (Å²) in [5, 5.41) is 8.16. The number of hydrogen-bond donors (Lipinski definition) is 1. The Kier molecular flexibility index (Phi) is 3.25. The van der Waals surface area contributed by atoms with Gasteiger partial charge in [-0.25, -0.2) is 0 Å². The van der Waals surface area contributed by atoms with Crippen molar-refractivity contribution in [2.24, 2.45) is 0 Å². The van der Waals surface area contributed by atoms with Gasteiger partial charge in [0.25, 0.3) is 0 Å². The number of benzene rings is 1. The Balaban J connectivity index is 1.81. The fourth-order valence-electron chi connectivity index (χ4n) is 1.32. The van der Waals surface area contributed by atoms with E-state index in [-0.39, 0.29) is 0 Å². The van der Waals surface area contributed by atoms with E-state index in [4.69, 9.17) is 11.6 Å². The van der Waals surface area contributed by atoms with Crippen molar-refractivity contribution in [3.8, 4) is 0 Å². The van der Waals surface area contributed by atoms with E-state index in [1.54, 1.807) is 6.20 Å². The molecule has 0 radical (unpaired) electrons. The van der Waals surface area contributed by atoms with Crippen LogP contribution in [0.15, 0.2) is 42.7 Å². The van der Waals surface area contributed by atoms with Gasteiger partial charge in [0.15, 0.2) is 0 Å². The Bertz CT molecular complexity index is 394. The molecule has 15 heavy (non-hydrogen) atoms. The number of halogens is 1. The molecule has 0 saturated carbocycles. The minimum Gasteiger partial charge on any atom is -0.383 e. The second kappa shape index (κ2) is 4.84. The number of aromatic nitrogens is 2. The smallest absolute Gasteiger partial charge is 0.0582 e. The van der Waals surface area contributed by atoms with Crippen LogP contribution in [0.1, 0.15) is 0 Å². The molecule has 1 heterocycles. The van der Waals surface area contributed by atoms with E-state index in [1.165, 1.54) is 0 Å². The molecule has 78 valence electrons. The van der Waals surface area contributed by atoms with Crippen LogP contribution in [0.2, 0.25) is 5.02 Å². The van der Waals surface area contributed by atoms with E-state index in [2.05, 4.69) is 10.4 Å². The van der Waals surface area contributed by atoms with Crippen molar-refractivity contribution in [3.05, 3.63) is 47.7 Å². The molecule has 4 heteroatoms. The number of nitrogens with zero attached hydrogens (tertiary/aromatic N) is 2. The Morgan fingerprint density at radius 3 is 2.73 bits per heavy atom. The minimum absolute atomic E-state index is 0.757. The van der Waals surface area contributed by atoms with Gasteiger partial charge in [0, 0.05) is 29.6 Å². The van der Waals surface area contributed by atoms with Gasteiger partial charge >= 0.3 is 0 Å². The van der Waals surface area contributed by atoms with Crippen LogP contribution < -0.4 is 5.32 Å². The summed E-state index contributed by atoms with van der Waals surface area (Å²) in [5.41, 5.74) is 1.08. The highest BCUT2D eigenvalue weighted by Crippen LogP contribution is 2.12. The Labute approximate surface area is 93.7 Å². The molecule has 1 aromatic heterocycles. The lowest BCUT2D eigenvalue weighted by Crippen LogP contribution is -2.10. The minimum atomic E-state index is 0.757. The second-order valence-corrected chi connectivity index (χ2v) is 3.64. The van der Waals surface area contributed by atoms with E-state index < -0.39 is 0 Å². The maximum absolute atomic E-state index is 5.79. The first-order valence-corrected chi connectivity index (χ1v) is 5.19. The predicted octanol–water partition coefficient (Wildman–Crippen LogP) is 2.65. The SMILES string of the molecule is Clc1ccc(NCCn2cccn2)cc1. The predicted molar refractivity (Wildman–Crippen MR) is 62.2 cm³/mol. The summed E-state index contributed by atoms with van der Waals surface area (Å²) in [6.07, 6.45) is 3.73. The zero-order valence-electron chi connectivity index (χ0n) is 8.23. The lowest BCUT2D eigenvalue weighted by Gasteiger charge is -2.06. The van der Waals surface area contributed by atoms with Crippen molar-refractivity contribution >= 4 is 17.3 Å². The Morgan fingerprint density at radius 2 is 2.07 bits per heavy atom. The number of rotatable bonds is 4. The third-order valence-corrected chi connectivity index (χ3v) is 2.33. The van der Waals surface area contributed by atoms with E-state index in [0.29, 0.717) is 0 Å². The molecule has 3 nitrogen and oxygen atoms in total. The fraction of sp³-hybridized carbons (Fsp3) is 0.182. The van der Waals surface area contributed by atoms with Crippen LogP contribution in [-0.4, -0.2) is 16.3 Å². The summed E-state index contributed by atoms with van der Waals surface area (Å²) in [5.74, 6) is 0. The average Bonchev–Trinajstić information content (AvgIpc) is 2.74. The van der Waals surface area contributed by atoms with Crippen molar-refractivity contribution < 1.29 is 0 Å². The molecule has 0 bridgehead atoms. The van der Waals surface area contributed by atoms with Crippen LogP contribution in [0.5, 0.6) is 0 Å². The molecule has 0 atom stereocenters. The van der Waals surface area contributed by atoms with E-state index >= 15 is 0 Å². The Morgan fingerprint density at radius 1 is 1.27 bits per heavy atom. The van der Waals surface area contributed by atoms with E-state index in [9.17, 15) is 0 Å². The van der Waals surface area contributed by atoms with Crippen LogP contribution >= 0.6 is 11.6 Å². The molecule has 1 aromatic carbocycles. The highest BCUT2D eigenvalue weighted by Gasteiger charge is 1.92. The third-order valence-electron chi connectivity index (χ3n) is 2.07. The van der Waals surface area contributed by atoms with E-state index in [0.717, 1.165) is 23.8 Å². The largest absolute Gasteiger partial charge is 0.383 e. The van der Waals surface area contributed by atoms with Crippen LogP contribution in [0.25, 0.3) is 0 Å².